The summed E-state index contributed by atoms with van der Waals surface area (Å²) in [5, 5.41) is 20.1. The molecule has 1 saturated heterocycles. The highest BCUT2D eigenvalue weighted by Gasteiger charge is 2.36. The summed E-state index contributed by atoms with van der Waals surface area (Å²) in [5.41, 5.74) is -0.411. The molecule has 0 radical (unpaired) electrons. The zero-order valence-corrected chi connectivity index (χ0v) is 19.4. The van der Waals surface area contributed by atoms with Crippen molar-refractivity contribution in [1.29, 1.82) is 5.26 Å². The zero-order chi connectivity index (χ0) is 23.9. The van der Waals surface area contributed by atoms with Gasteiger partial charge in [-0.25, -0.2) is 9.59 Å². The summed E-state index contributed by atoms with van der Waals surface area (Å²) in [6.45, 7) is 9.90. The maximum Gasteiger partial charge on any atom is 0.410 e. The third kappa shape index (κ3) is 6.99. The zero-order valence-electron chi connectivity index (χ0n) is 19.4. The van der Waals surface area contributed by atoms with Crippen LogP contribution in [-0.4, -0.2) is 59.6 Å². The molecular formula is C24H32N2O6. The van der Waals surface area contributed by atoms with Crippen LogP contribution < -0.4 is 4.74 Å². The van der Waals surface area contributed by atoms with E-state index >= 15 is 0 Å². The molecule has 0 unspecified atom stereocenters. The van der Waals surface area contributed by atoms with Gasteiger partial charge in [0.25, 0.3) is 0 Å². The molecule has 0 aliphatic carbocycles. The first kappa shape index (κ1) is 25.2. The molecule has 1 fully saturated rings. The number of hydrogen-bond donors (Lipinski definition) is 1. The number of carbonyl (C=O) groups excluding carboxylic acids is 2. The lowest BCUT2D eigenvalue weighted by Gasteiger charge is -2.38. The van der Waals surface area contributed by atoms with Gasteiger partial charge in [0.15, 0.2) is 0 Å². The minimum atomic E-state index is -1.04. The molecule has 0 saturated carbocycles. The first-order valence-corrected chi connectivity index (χ1v) is 10.7. The van der Waals surface area contributed by atoms with Crippen LogP contribution in [0.25, 0.3) is 5.57 Å². The third-order valence-electron chi connectivity index (χ3n) is 5.11. The maximum absolute atomic E-state index is 12.2. The molecule has 1 aliphatic heterocycles. The second kappa shape index (κ2) is 10.5. The first-order chi connectivity index (χ1) is 15.0. The number of benzene rings is 1. The van der Waals surface area contributed by atoms with Gasteiger partial charge in [-0.2, -0.15) is 5.26 Å². The molecule has 0 atom stereocenters. The van der Waals surface area contributed by atoms with E-state index in [-0.39, 0.29) is 24.9 Å². The van der Waals surface area contributed by atoms with E-state index in [1.54, 1.807) is 43.0 Å². The first-order valence-electron chi connectivity index (χ1n) is 10.7. The number of carbonyl (C=O) groups is 2. The molecule has 0 bridgehead atoms. The van der Waals surface area contributed by atoms with E-state index < -0.39 is 17.2 Å². The third-order valence-corrected chi connectivity index (χ3v) is 5.11. The van der Waals surface area contributed by atoms with E-state index in [9.17, 15) is 20.0 Å². The lowest BCUT2D eigenvalue weighted by Crippen LogP contribution is -2.50. The lowest BCUT2D eigenvalue weighted by molar-refractivity contribution is -0.137. The number of aliphatic hydroxyl groups is 1. The van der Waals surface area contributed by atoms with Crippen LogP contribution in [0.4, 0.5) is 4.79 Å². The predicted octanol–water partition coefficient (Wildman–Crippen LogP) is 3.69. The summed E-state index contributed by atoms with van der Waals surface area (Å²) in [6, 6.07) is 8.83. The molecule has 8 heteroatoms. The monoisotopic (exact) mass is 444 g/mol. The van der Waals surface area contributed by atoms with Crippen molar-refractivity contribution in [2.75, 3.05) is 26.3 Å². The number of nitrogens with zero attached hydrogens (tertiary/aromatic N) is 2. The topological polar surface area (TPSA) is 109 Å². The Kier molecular flexibility index (Phi) is 8.28. The van der Waals surface area contributed by atoms with Crippen molar-refractivity contribution in [2.24, 2.45) is 0 Å². The van der Waals surface area contributed by atoms with Crippen molar-refractivity contribution in [1.82, 2.24) is 4.90 Å². The summed E-state index contributed by atoms with van der Waals surface area (Å²) in [5.74, 6) is -0.0908. The van der Waals surface area contributed by atoms with Crippen molar-refractivity contribution in [3.05, 3.63) is 35.4 Å². The minimum absolute atomic E-state index is 0.0356. The summed E-state index contributed by atoms with van der Waals surface area (Å²) in [4.78, 5) is 25.7. The smallest absolute Gasteiger partial charge is 0.410 e. The van der Waals surface area contributed by atoms with Gasteiger partial charge in [-0.3, -0.25) is 0 Å². The fraction of sp³-hybridized carbons (Fsp3) is 0.542. The fourth-order valence-corrected chi connectivity index (χ4v) is 3.23. The van der Waals surface area contributed by atoms with Gasteiger partial charge in [-0.1, -0.05) is 12.1 Å². The second-order valence-corrected chi connectivity index (χ2v) is 8.84. The van der Waals surface area contributed by atoms with Gasteiger partial charge in [0.1, 0.15) is 35.2 Å². The maximum atomic E-state index is 12.2. The minimum Gasteiger partial charge on any atom is -0.491 e. The Labute approximate surface area is 189 Å². The number of rotatable bonds is 6. The molecule has 2 rings (SSSR count). The Morgan fingerprint density at radius 3 is 2.28 bits per heavy atom. The highest BCUT2D eigenvalue weighted by atomic mass is 16.6. The van der Waals surface area contributed by atoms with E-state index in [1.165, 1.54) is 0 Å². The largest absolute Gasteiger partial charge is 0.491 e. The van der Waals surface area contributed by atoms with Gasteiger partial charge in [-0.15, -0.1) is 0 Å². The molecule has 1 aromatic carbocycles. The number of hydrogen-bond acceptors (Lipinski definition) is 7. The van der Waals surface area contributed by atoms with Crippen LogP contribution in [0, 0.1) is 11.3 Å². The SMILES string of the molecule is CCOC(=O)/C(C#N)=C(/C)c1ccc(OCC2(O)CCN(C(=O)OC(C)(C)C)CC2)cc1. The van der Waals surface area contributed by atoms with Crippen LogP contribution in [-0.2, 0) is 14.3 Å². The highest BCUT2D eigenvalue weighted by molar-refractivity contribution is 6.01. The summed E-state index contributed by atoms with van der Waals surface area (Å²) in [7, 11) is 0. The van der Waals surface area contributed by atoms with E-state index in [4.69, 9.17) is 14.2 Å². The molecule has 0 aromatic heterocycles. The molecule has 1 N–H and O–H groups in total. The Hall–Kier alpha value is -3.05. The number of ether oxygens (including phenoxy) is 3. The van der Waals surface area contributed by atoms with Gasteiger partial charge in [-0.05, 0) is 70.7 Å². The molecule has 32 heavy (non-hydrogen) atoms. The van der Waals surface area contributed by atoms with Crippen LogP contribution in [0.2, 0.25) is 0 Å². The normalized spacial score (nSPS) is 16.5. The number of likely N-dealkylation sites (tertiary alicyclic amines) is 1. The molecule has 8 nitrogen and oxygen atoms in total. The van der Waals surface area contributed by atoms with E-state index in [1.807, 2.05) is 26.8 Å². The van der Waals surface area contributed by atoms with E-state index in [0.29, 0.717) is 42.8 Å². The number of nitriles is 1. The average molecular weight is 445 g/mol. The van der Waals surface area contributed by atoms with Crippen LogP contribution >= 0.6 is 0 Å². The molecule has 1 aliphatic rings. The Balaban J connectivity index is 1.94. The Morgan fingerprint density at radius 1 is 1.19 bits per heavy atom. The Morgan fingerprint density at radius 2 is 1.78 bits per heavy atom. The standard InChI is InChI=1S/C24H32N2O6/c1-6-30-21(27)20(15-25)17(2)18-7-9-19(10-8-18)31-16-24(29)11-13-26(14-12-24)22(28)32-23(3,4)5/h7-10,29H,6,11-14,16H2,1-5H3/b20-17-. The number of amides is 1. The van der Waals surface area contributed by atoms with Crippen molar-refractivity contribution in [3.8, 4) is 11.8 Å². The molecule has 1 aromatic rings. The van der Waals surface area contributed by atoms with Gasteiger partial charge in [0, 0.05) is 13.1 Å². The molecule has 1 heterocycles. The van der Waals surface area contributed by atoms with Gasteiger partial charge in [0.2, 0.25) is 0 Å². The van der Waals surface area contributed by atoms with Crippen molar-refractivity contribution >= 4 is 17.6 Å². The van der Waals surface area contributed by atoms with Gasteiger partial charge in [0.05, 0.1) is 6.61 Å². The van der Waals surface area contributed by atoms with Gasteiger partial charge >= 0.3 is 12.1 Å². The highest BCUT2D eigenvalue weighted by Crippen LogP contribution is 2.26. The van der Waals surface area contributed by atoms with E-state index in [2.05, 4.69) is 0 Å². The van der Waals surface area contributed by atoms with E-state index in [0.717, 1.165) is 0 Å². The predicted molar refractivity (Wildman–Crippen MR) is 119 cm³/mol. The number of esters is 1. The van der Waals surface area contributed by atoms with Gasteiger partial charge < -0.3 is 24.2 Å². The second-order valence-electron chi connectivity index (χ2n) is 8.84. The van der Waals surface area contributed by atoms with Crippen LogP contribution in [0.3, 0.4) is 0 Å². The lowest BCUT2D eigenvalue weighted by atomic mass is 9.92. The average Bonchev–Trinajstić information content (AvgIpc) is 2.72. The van der Waals surface area contributed by atoms with Crippen molar-refractivity contribution in [2.45, 2.75) is 58.7 Å². The summed E-state index contributed by atoms with van der Waals surface area (Å²) >= 11 is 0. The quantitative estimate of drug-likeness (QED) is 0.405. The molecule has 1 amide bonds. The van der Waals surface area contributed by atoms with Crippen LogP contribution in [0.5, 0.6) is 5.75 Å². The molecule has 0 spiro atoms. The number of allylic oxidation sites excluding steroid dienone is 1. The van der Waals surface area contributed by atoms with Crippen molar-refractivity contribution in [3.63, 3.8) is 0 Å². The Bertz CT molecular complexity index is 885. The fourth-order valence-electron chi connectivity index (χ4n) is 3.23. The van der Waals surface area contributed by atoms with Crippen molar-refractivity contribution < 1.29 is 28.9 Å². The van der Waals surface area contributed by atoms with Crippen LogP contribution in [0.15, 0.2) is 29.8 Å². The number of piperidine rings is 1. The summed E-state index contributed by atoms with van der Waals surface area (Å²) in [6.07, 6.45) is 0.396. The molecular weight excluding hydrogens is 412 g/mol. The summed E-state index contributed by atoms with van der Waals surface area (Å²) < 4.78 is 16.1. The molecule has 174 valence electrons. The van der Waals surface area contributed by atoms with Crippen LogP contribution in [0.1, 0.15) is 53.0 Å².